The van der Waals surface area contributed by atoms with Crippen molar-refractivity contribution in [2.75, 3.05) is 11.4 Å². The largest absolute Gasteiger partial charge is 0.309 e. The number of anilines is 1. The molecule has 6 nitrogen and oxygen atoms in total. The Labute approximate surface area is 147 Å². The van der Waals surface area contributed by atoms with Crippen molar-refractivity contribution in [3.05, 3.63) is 60.2 Å². The van der Waals surface area contributed by atoms with Gasteiger partial charge < -0.3 is 4.90 Å². The van der Waals surface area contributed by atoms with E-state index in [1.165, 1.54) is 0 Å². The fraction of sp³-hybridized carbons (Fsp3) is 0.263. The van der Waals surface area contributed by atoms with E-state index in [-0.39, 0.29) is 11.9 Å². The van der Waals surface area contributed by atoms with E-state index < -0.39 is 0 Å². The lowest BCUT2D eigenvalue weighted by molar-refractivity contribution is 0.0988. The van der Waals surface area contributed by atoms with Crippen molar-refractivity contribution in [1.29, 1.82) is 0 Å². The molecule has 3 aromatic rings. The first kappa shape index (κ1) is 16.8. The highest BCUT2D eigenvalue weighted by Crippen LogP contribution is 2.22. The maximum absolute atomic E-state index is 13.0. The third kappa shape index (κ3) is 3.42. The standard InChI is InChI=1S/C19H21N5O/c1-4-23(17-11-6-5-7-12-17)19(25)16-10-8-9-15(13-16)18-20-21-22-24(18)14(2)3/h5-14H,4H2,1-3H3. The van der Waals surface area contributed by atoms with Crippen molar-refractivity contribution in [1.82, 2.24) is 20.2 Å². The molecule has 1 aromatic heterocycles. The Hall–Kier alpha value is -3.02. The zero-order valence-electron chi connectivity index (χ0n) is 14.6. The number of rotatable bonds is 5. The lowest BCUT2D eigenvalue weighted by Gasteiger charge is -2.21. The molecule has 6 heteroatoms. The van der Waals surface area contributed by atoms with E-state index in [1.807, 2.05) is 75.4 Å². The van der Waals surface area contributed by atoms with Gasteiger partial charge in [0.05, 0.1) is 6.04 Å². The second-order valence-electron chi connectivity index (χ2n) is 6.01. The van der Waals surface area contributed by atoms with Gasteiger partial charge in [0.15, 0.2) is 5.82 Å². The minimum absolute atomic E-state index is 0.0425. The maximum atomic E-state index is 13.0. The van der Waals surface area contributed by atoms with Gasteiger partial charge in [0.2, 0.25) is 0 Å². The quantitative estimate of drug-likeness (QED) is 0.715. The minimum Gasteiger partial charge on any atom is -0.309 e. The molecule has 0 aliphatic heterocycles. The summed E-state index contributed by atoms with van der Waals surface area (Å²) in [5, 5.41) is 11.9. The van der Waals surface area contributed by atoms with Crippen molar-refractivity contribution < 1.29 is 4.79 Å². The number of hydrogen-bond donors (Lipinski definition) is 0. The van der Waals surface area contributed by atoms with Gasteiger partial charge in [-0.1, -0.05) is 30.3 Å². The van der Waals surface area contributed by atoms with Crippen LogP contribution in [0, 0.1) is 0 Å². The summed E-state index contributed by atoms with van der Waals surface area (Å²) in [5.41, 5.74) is 2.32. The molecule has 0 spiro atoms. The SMILES string of the molecule is CCN(C(=O)c1cccc(-c2nnnn2C(C)C)c1)c1ccccc1. The summed E-state index contributed by atoms with van der Waals surface area (Å²) in [6.45, 7) is 6.59. The fourth-order valence-corrected chi connectivity index (χ4v) is 2.73. The van der Waals surface area contributed by atoms with Crippen LogP contribution in [0.4, 0.5) is 5.69 Å². The fourth-order valence-electron chi connectivity index (χ4n) is 2.73. The van der Waals surface area contributed by atoms with Crippen molar-refractivity contribution in [2.45, 2.75) is 26.8 Å². The number of benzene rings is 2. The molecule has 0 aliphatic carbocycles. The Morgan fingerprint density at radius 1 is 1.12 bits per heavy atom. The number of nitrogens with zero attached hydrogens (tertiary/aromatic N) is 5. The second kappa shape index (κ2) is 7.25. The summed E-state index contributed by atoms with van der Waals surface area (Å²) < 4.78 is 1.75. The predicted molar refractivity (Wildman–Crippen MR) is 97.4 cm³/mol. The van der Waals surface area contributed by atoms with E-state index in [9.17, 15) is 4.79 Å². The van der Waals surface area contributed by atoms with Crippen LogP contribution in [0.25, 0.3) is 11.4 Å². The monoisotopic (exact) mass is 335 g/mol. The van der Waals surface area contributed by atoms with Crippen molar-refractivity contribution >= 4 is 11.6 Å². The van der Waals surface area contributed by atoms with Gasteiger partial charge in [-0.3, -0.25) is 4.79 Å². The van der Waals surface area contributed by atoms with E-state index in [4.69, 9.17) is 0 Å². The third-order valence-electron chi connectivity index (χ3n) is 3.98. The van der Waals surface area contributed by atoms with E-state index in [2.05, 4.69) is 15.5 Å². The molecule has 0 saturated carbocycles. The smallest absolute Gasteiger partial charge is 0.258 e. The summed E-state index contributed by atoms with van der Waals surface area (Å²) in [6.07, 6.45) is 0. The maximum Gasteiger partial charge on any atom is 0.258 e. The number of carbonyl (C=O) groups is 1. The average Bonchev–Trinajstić information content (AvgIpc) is 3.13. The van der Waals surface area contributed by atoms with Gasteiger partial charge in [-0.15, -0.1) is 5.10 Å². The number of carbonyl (C=O) groups excluding carboxylic acids is 1. The Bertz CT molecular complexity index is 857. The zero-order valence-corrected chi connectivity index (χ0v) is 14.6. The zero-order chi connectivity index (χ0) is 17.8. The summed E-state index contributed by atoms with van der Waals surface area (Å²) in [6, 6.07) is 17.3. The molecule has 0 saturated heterocycles. The van der Waals surface area contributed by atoms with Crippen LogP contribution in [0.15, 0.2) is 54.6 Å². The molecule has 3 rings (SSSR count). The Morgan fingerprint density at radius 2 is 1.88 bits per heavy atom. The van der Waals surface area contributed by atoms with Crippen LogP contribution in [-0.4, -0.2) is 32.7 Å². The first-order valence-electron chi connectivity index (χ1n) is 8.37. The van der Waals surface area contributed by atoms with Gasteiger partial charge in [-0.05, 0) is 55.5 Å². The minimum atomic E-state index is -0.0425. The van der Waals surface area contributed by atoms with Gasteiger partial charge in [0.1, 0.15) is 0 Å². The lowest BCUT2D eigenvalue weighted by Crippen LogP contribution is -2.30. The molecule has 128 valence electrons. The third-order valence-corrected chi connectivity index (χ3v) is 3.98. The van der Waals surface area contributed by atoms with E-state index >= 15 is 0 Å². The van der Waals surface area contributed by atoms with Crippen LogP contribution in [0.5, 0.6) is 0 Å². The number of para-hydroxylation sites is 1. The molecular weight excluding hydrogens is 314 g/mol. The molecular formula is C19H21N5O. The molecule has 25 heavy (non-hydrogen) atoms. The highest BCUT2D eigenvalue weighted by Gasteiger charge is 2.18. The van der Waals surface area contributed by atoms with E-state index in [1.54, 1.807) is 9.58 Å². The summed E-state index contributed by atoms with van der Waals surface area (Å²) in [5.74, 6) is 0.617. The molecule has 0 bridgehead atoms. The molecule has 1 amide bonds. The van der Waals surface area contributed by atoms with E-state index in [0.29, 0.717) is 17.9 Å². The summed E-state index contributed by atoms with van der Waals surface area (Å²) in [7, 11) is 0. The molecule has 0 atom stereocenters. The first-order chi connectivity index (χ1) is 12.1. The number of hydrogen-bond acceptors (Lipinski definition) is 4. The van der Waals surface area contributed by atoms with Crippen LogP contribution >= 0.6 is 0 Å². The number of aromatic nitrogens is 4. The molecule has 0 radical (unpaired) electrons. The van der Waals surface area contributed by atoms with Gasteiger partial charge in [0.25, 0.3) is 5.91 Å². The molecule has 0 aliphatic rings. The van der Waals surface area contributed by atoms with E-state index in [0.717, 1.165) is 11.3 Å². The van der Waals surface area contributed by atoms with Gasteiger partial charge in [-0.2, -0.15) is 0 Å². The Kier molecular flexibility index (Phi) is 4.88. The van der Waals surface area contributed by atoms with Crippen LogP contribution < -0.4 is 4.90 Å². The van der Waals surface area contributed by atoms with Gasteiger partial charge >= 0.3 is 0 Å². The Morgan fingerprint density at radius 3 is 2.56 bits per heavy atom. The van der Waals surface area contributed by atoms with Crippen LogP contribution in [0.1, 0.15) is 37.2 Å². The van der Waals surface area contributed by atoms with Crippen molar-refractivity contribution in [3.63, 3.8) is 0 Å². The van der Waals surface area contributed by atoms with Crippen LogP contribution in [0.3, 0.4) is 0 Å². The first-order valence-corrected chi connectivity index (χ1v) is 8.37. The average molecular weight is 335 g/mol. The summed E-state index contributed by atoms with van der Waals surface area (Å²) >= 11 is 0. The normalized spacial score (nSPS) is 10.9. The van der Waals surface area contributed by atoms with Crippen molar-refractivity contribution in [3.8, 4) is 11.4 Å². The number of amides is 1. The highest BCUT2D eigenvalue weighted by atomic mass is 16.2. The van der Waals surface area contributed by atoms with Crippen molar-refractivity contribution in [2.24, 2.45) is 0 Å². The molecule has 0 fully saturated rings. The number of tetrazole rings is 1. The van der Waals surface area contributed by atoms with Crippen LogP contribution in [-0.2, 0) is 0 Å². The Balaban J connectivity index is 1.96. The van der Waals surface area contributed by atoms with Gasteiger partial charge in [0, 0.05) is 23.4 Å². The molecule has 1 heterocycles. The summed E-state index contributed by atoms with van der Waals surface area (Å²) in [4.78, 5) is 14.7. The highest BCUT2D eigenvalue weighted by molar-refractivity contribution is 6.06. The van der Waals surface area contributed by atoms with Gasteiger partial charge in [-0.25, -0.2) is 4.68 Å². The van der Waals surface area contributed by atoms with Crippen LogP contribution in [0.2, 0.25) is 0 Å². The topological polar surface area (TPSA) is 63.9 Å². The molecule has 2 aromatic carbocycles. The molecule has 0 unspecified atom stereocenters. The molecule has 0 N–H and O–H groups in total. The second-order valence-corrected chi connectivity index (χ2v) is 6.01. The lowest BCUT2D eigenvalue weighted by atomic mass is 10.1. The predicted octanol–water partition coefficient (Wildman–Crippen LogP) is 3.59.